The van der Waals surface area contributed by atoms with Gasteiger partial charge in [-0.2, -0.15) is 0 Å². The van der Waals surface area contributed by atoms with E-state index in [0.717, 1.165) is 19.6 Å². The molecule has 0 radical (unpaired) electrons. The van der Waals surface area contributed by atoms with Gasteiger partial charge >= 0.3 is 110 Å². The first-order valence-electron chi connectivity index (χ1n) is 6.24. The second kappa shape index (κ2) is 8.85. The summed E-state index contributed by atoms with van der Waals surface area (Å²) in [4.78, 5) is 18.2. The molecule has 0 saturated heterocycles. The van der Waals surface area contributed by atoms with Crippen LogP contribution in [0.1, 0.15) is 24.2 Å². The quantitative estimate of drug-likeness (QED) is 0.694. The second-order valence-corrected chi connectivity index (χ2v) is 4.33. The van der Waals surface area contributed by atoms with Crippen LogP contribution >= 0.6 is 0 Å². The fourth-order valence-electron chi connectivity index (χ4n) is 1.61. The average Bonchev–Trinajstić information content (AvgIpc) is 2.44. The molecule has 7 heteroatoms. The summed E-state index contributed by atoms with van der Waals surface area (Å²) in [5.41, 5.74) is 3.26. The Hall–Kier alpha value is -1.17. The summed E-state index contributed by atoms with van der Waals surface area (Å²) in [5, 5.41) is 2.88. The summed E-state index contributed by atoms with van der Waals surface area (Å²) in [6, 6.07) is 3.45. The van der Waals surface area contributed by atoms with Crippen molar-refractivity contribution in [3.63, 3.8) is 0 Å². The van der Waals surface area contributed by atoms with Crippen molar-refractivity contribution in [3.8, 4) is 0 Å². The van der Waals surface area contributed by atoms with Gasteiger partial charge in [-0.05, 0) is 0 Å². The van der Waals surface area contributed by atoms with Crippen molar-refractivity contribution in [1.82, 2.24) is 15.2 Å². The number of anilines is 1. The molecule has 0 spiro atoms. The number of likely N-dealkylation sites (N-methyl/N-ethyl adjacent to an activating group) is 1. The first kappa shape index (κ1) is 15.9. The molecule has 0 fully saturated rings. The van der Waals surface area contributed by atoms with Gasteiger partial charge < -0.3 is 0 Å². The zero-order chi connectivity index (χ0) is 14.1. The molecule has 0 unspecified atom stereocenters. The van der Waals surface area contributed by atoms with Crippen LogP contribution in [-0.4, -0.2) is 42.0 Å². The molecule has 1 aromatic rings. The van der Waals surface area contributed by atoms with Crippen molar-refractivity contribution in [2.75, 3.05) is 31.6 Å². The third-order valence-corrected chi connectivity index (χ3v) is 3.00. The summed E-state index contributed by atoms with van der Waals surface area (Å²) < 4.78 is 3.72. The average molecular weight is 347 g/mol. The molecule has 6 nitrogen and oxygen atoms in total. The van der Waals surface area contributed by atoms with E-state index in [4.69, 9.17) is 0 Å². The fourth-order valence-corrected chi connectivity index (χ4v) is 1.82. The number of pyridine rings is 1. The van der Waals surface area contributed by atoms with Gasteiger partial charge in [-0.25, -0.2) is 0 Å². The third kappa shape index (κ3) is 5.55. The predicted molar refractivity (Wildman–Crippen MR) is 70.4 cm³/mol. The van der Waals surface area contributed by atoms with Gasteiger partial charge in [0.1, 0.15) is 0 Å². The zero-order valence-electron chi connectivity index (χ0n) is 11.2. The molecule has 0 aromatic carbocycles. The molecule has 0 atom stereocenters. The van der Waals surface area contributed by atoms with Crippen LogP contribution in [0.4, 0.5) is 5.82 Å². The first-order valence-corrected chi connectivity index (χ1v) is 7.08. The Bertz CT molecular complexity index is 405. The molecule has 1 heterocycles. The van der Waals surface area contributed by atoms with Crippen LogP contribution in [0.5, 0.6) is 0 Å². The Morgan fingerprint density at radius 2 is 2.16 bits per heavy atom. The zero-order valence-corrected chi connectivity index (χ0v) is 13.0. The molecule has 0 aliphatic heterocycles. The molecule has 0 aliphatic carbocycles. The van der Waals surface area contributed by atoms with Crippen LogP contribution < -0.4 is 10.7 Å². The Morgan fingerprint density at radius 3 is 2.68 bits per heavy atom. The predicted octanol–water partition coefficient (Wildman–Crippen LogP) is 1.21. The van der Waals surface area contributed by atoms with E-state index >= 15 is 0 Å². The van der Waals surface area contributed by atoms with E-state index in [0.29, 0.717) is 17.9 Å². The van der Waals surface area contributed by atoms with Crippen LogP contribution in [0.3, 0.4) is 0 Å². The van der Waals surface area contributed by atoms with Gasteiger partial charge in [0.25, 0.3) is 0 Å². The SMILES string of the molecule is CCN(CC)CCNC(=O)c1ccc(N[N]=[Tc])nc1. The van der Waals surface area contributed by atoms with Crippen molar-refractivity contribution >= 4 is 11.7 Å². The van der Waals surface area contributed by atoms with E-state index in [9.17, 15) is 4.79 Å². The number of hydrogen-bond donors (Lipinski definition) is 2. The Kier molecular flexibility index (Phi) is 7.40. The van der Waals surface area contributed by atoms with Crippen LogP contribution in [0.2, 0.25) is 0 Å². The summed E-state index contributed by atoms with van der Waals surface area (Å²) in [6.07, 6.45) is 1.54. The Morgan fingerprint density at radius 1 is 1.42 bits per heavy atom. The second-order valence-electron chi connectivity index (χ2n) is 3.91. The Labute approximate surface area is 123 Å². The number of nitrogens with zero attached hydrogens (tertiary/aromatic N) is 3. The van der Waals surface area contributed by atoms with Crippen molar-refractivity contribution in [2.24, 2.45) is 3.72 Å². The summed E-state index contributed by atoms with van der Waals surface area (Å²) in [7, 11) is 0. The third-order valence-electron chi connectivity index (χ3n) is 2.79. The summed E-state index contributed by atoms with van der Waals surface area (Å²) in [5.74, 6) is 0.520. The molecule has 19 heavy (non-hydrogen) atoms. The van der Waals surface area contributed by atoms with Gasteiger partial charge in [-0.3, -0.25) is 0 Å². The van der Waals surface area contributed by atoms with Crippen molar-refractivity contribution in [3.05, 3.63) is 23.9 Å². The molecule has 2 N–H and O–H groups in total. The van der Waals surface area contributed by atoms with Gasteiger partial charge in [0.15, 0.2) is 0 Å². The van der Waals surface area contributed by atoms with E-state index < -0.39 is 0 Å². The van der Waals surface area contributed by atoms with Crippen LogP contribution in [-0.2, 0) is 18.7 Å². The molecule has 1 amide bonds. The first-order chi connectivity index (χ1) is 9.21. The number of carbonyl (C=O) groups is 1. The maximum atomic E-state index is 11.9. The van der Waals surface area contributed by atoms with Crippen molar-refractivity contribution in [2.45, 2.75) is 13.8 Å². The monoisotopic (exact) mass is 346 g/mol. The molecular formula is C12H19N5OTc. The molecular weight excluding hydrogens is 328 g/mol. The standard InChI is InChI=1S/C12H19N5O.Tc/c1-3-17(4-2)8-7-14-12(18)10-5-6-11(16-13)15-9-10;/h5-6,9H,3-4,7-8H2,1-2H3,(H,14,18)(H,15,16);. The molecule has 0 bridgehead atoms. The van der Waals surface area contributed by atoms with Gasteiger partial charge in [0.05, 0.1) is 0 Å². The summed E-state index contributed by atoms with van der Waals surface area (Å²) >= 11 is 1.83. The number of amides is 1. The number of carbonyl (C=O) groups excluding carboxylic acids is 1. The van der Waals surface area contributed by atoms with Gasteiger partial charge in [0.2, 0.25) is 0 Å². The minimum atomic E-state index is -0.0994. The van der Waals surface area contributed by atoms with E-state index in [1.54, 1.807) is 12.1 Å². The maximum absolute atomic E-state index is 11.9. The van der Waals surface area contributed by atoms with Crippen LogP contribution in [0.15, 0.2) is 22.0 Å². The van der Waals surface area contributed by atoms with Gasteiger partial charge in [0, 0.05) is 0 Å². The van der Waals surface area contributed by atoms with Crippen molar-refractivity contribution < 1.29 is 23.5 Å². The van der Waals surface area contributed by atoms with E-state index in [1.807, 2.05) is 18.7 Å². The Balaban J connectivity index is 2.42. The van der Waals surface area contributed by atoms with Gasteiger partial charge in [-0.15, -0.1) is 0 Å². The number of nitrogens with one attached hydrogen (secondary N) is 2. The minimum absolute atomic E-state index is 0.0994. The molecule has 1 aromatic heterocycles. The topological polar surface area (TPSA) is 69.6 Å². The van der Waals surface area contributed by atoms with E-state index in [2.05, 4.69) is 38.2 Å². The number of hydrogen-bond acceptors (Lipinski definition) is 5. The molecule has 105 valence electrons. The van der Waals surface area contributed by atoms with E-state index in [-0.39, 0.29) is 5.91 Å². The van der Waals surface area contributed by atoms with Crippen LogP contribution in [0.25, 0.3) is 0 Å². The fraction of sp³-hybridized carbons (Fsp3) is 0.500. The summed E-state index contributed by atoms with van der Waals surface area (Å²) in [6.45, 7) is 7.71. The van der Waals surface area contributed by atoms with Crippen LogP contribution in [0, 0.1) is 0 Å². The molecule has 0 aliphatic rings. The molecule has 1 rings (SSSR count). The number of aromatic nitrogens is 1. The van der Waals surface area contributed by atoms with Crippen molar-refractivity contribution in [1.29, 1.82) is 0 Å². The van der Waals surface area contributed by atoms with E-state index in [1.165, 1.54) is 6.20 Å². The molecule has 0 saturated carbocycles. The van der Waals surface area contributed by atoms with Gasteiger partial charge in [-0.1, -0.05) is 13.8 Å². The number of rotatable bonds is 8. The normalized spacial score (nSPS) is 10.3.